The Morgan fingerprint density at radius 2 is 2.06 bits per heavy atom. The maximum absolute atomic E-state index is 11.4. The van der Waals surface area contributed by atoms with Gasteiger partial charge in [-0.15, -0.1) is 0 Å². The smallest absolute Gasteiger partial charge is 0.324 e. The zero-order valence-corrected chi connectivity index (χ0v) is 10.7. The number of ether oxygens (including phenoxy) is 2. The molecule has 96 valence electrons. The van der Waals surface area contributed by atoms with Crippen molar-refractivity contribution in [2.24, 2.45) is 5.73 Å². The molecule has 5 nitrogen and oxygen atoms in total. The van der Waals surface area contributed by atoms with Gasteiger partial charge in [0.05, 0.1) is 13.2 Å². The first kappa shape index (κ1) is 15.3. The maximum atomic E-state index is 11.4. The molecule has 0 rings (SSSR count). The second kappa shape index (κ2) is 8.50. The highest BCUT2D eigenvalue weighted by atomic mass is 16.5. The molecule has 0 saturated carbocycles. The van der Waals surface area contributed by atoms with Crippen molar-refractivity contribution in [1.29, 1.82) is 0 Å². The fraction of sp³-hybridized carbons (Fsp3) is 0.909. The van der Waals surface area contributed by atoms with E-state index in [0.29, 0.717) is 19.8 Å². The van der Waals surface area contributed by atoms with Crippen LogP contribution in [0.25, 0.3) is 0 Å². The van der Waals surface area contributed by atoms with E-state index in [-0.39, 0.29) is 12.0 Å². The molecule has 0 heterocycles. The highest BCUT2D eigenvalue weighted by molar-refractivity contribution is 5.75. The van der Waals surface area contributed by atoms with Crippen LogP contribution < -0.4 is 5.73 Å². The lowest BCUT2D eigenvalue weighted by Crippen LogP contribution is -2.47. The summed E-state index contributed by atoms with van der Waals surface area (Å²) in [6.45, 7) is 8.18. The summed E-state index contributed by atoms with van der Waals surface area (Å²) in [6.07, 6.45) is 0. The minimum absolute atomic E-state index is 0.246. The number of rotatable bonds is 8. The van der Waals surface area contributed by atoms with E-state index < -0.39 is 6.04 Å². The molecule has 2 N–H and O–H groups in total. The second-order valence-electron chi connectivity index (χ2n) is 3.75. The summed E-state index contributed by atoms with van der Waals surface area (Å²) in [7, 11) is 1.66. The maximum Gasteiger partial charge on any atom is 0.324 e. The summed E-state index contributed by atoms with van der Waals surface area (Å²) in [5.41, 5.74) is 5.76. The van der Waals surface area contributed by atoms with Gasteiger partial charge in [-0.05, 0) is 20.4 Å². The average molecular weight is 232 g/mol. The first-order chi connectivity index (χ1) is 7.56. The molecule has 2 atom stereocenters. The van der Waals surface area contributed by atoms with Gasteiger partial charge >= 0.3 is 5.97 Å². The Kier molecular flexibility index (Phi) is 8.15. The van der Waals surface area contributed by atoms with Crippen molar-refractivity contribution in [3.05, 3.63) is 0 Å². The van der Waals surface area contributed by atoms with Gasteiger partial charge in [-0.2, -0.15) is 0 Å². The molecule has 0 aliphatic heterocycles. The van der Waals surface area contributed by atoms with Crippen molar-refractivity contribution in [1.82, 2.24) is 4.90 Å². The summed E-state index contributed by atoms with van der Waals surface area (Å²) in [4.78, 5) is 13.5. The summed E-state index contributed by atoms with van der Waals surface area (Å²) in [6, 6.07) is -0.338. The molecule has 0 saturated heterocycles. The molecule has 0 aromatic rings. The quantitative estimate of drug-likeness (QED) is 0.607. The fourth-order valence-electron chi connectivity index (χ4n) is 1.54. The molecule has 16 heavy (non-hydrogen) atoms. The van der Waals surface area contributed by atoms with Crippen LogP contribution in [0.15, 0.2) is 0 Å². The van der Waals surface area contributed by atoms with Crippen molar-refractivity contribution in [2.75, 3.05) is 33.4 Å². The third kappa shape index (κ3) is 5.44. The molecule has 2 unspecified atom stereocenters. The van der Waals surface area contributed by atoms with Crippen molar-refractivity contribution in [2.45, 2.75) is 32.9 Å². The third-order valence-corrected chi connectivity index (χ3v) is 2.46. The van der Waals surface area contributed by atoms with Gasteiger partial charge in [-0.1, -0.05) is 6.92 Å². The molecule has 0 aliphatic carbocycles. The molecule has 0 bridgehead atoms. The van der Waals surface area contributed by atoms with E-state index in [1.165, 1.54) is 0 Å². The number of nitrogens with zero attached hydrogens (tertiary/aromatic N) is 1. The number of carbonyl (C=O) groups excluding carboxylic acids is 1. The lowest BCUT2D eigenvalue weighted by Gasteiger charge is -2.28. The molecule has 0 spiro atoms. The molecule has 0 aromatic carbocycles. The van der Waals surface area contributed by atoms with Gasteiger partial charge in [0.1, 0.15) is 6.04 Å². The van der Waals surface area contributed by atoms with Crippen molar-refractivity contribution in [3.63, 3.8) is 0 Å². The van der Waals surface area contributed by atoms with E-state index in [2.05, 4.69) is 4.90 Å². The Hall–Kier alpha value is -0.650. The van der Waals surface area contributed by atoms with Crippen LogP contribution in [-0.4, -0.2) is 56.4 Å². The standard InChI is InChI=1S/C11H24N2O3/c1-5-13(9(3)8-15-4)7-10(12)11(14)16-6-2/h9-10H,5-8,12H2,1-4H3. The lowest BCUT2D eigenvalue weighted by atomic mass is 10.2. The number of nitrogens with two attached hydrogens (primary N) is 1. The van der Waals surface area contributed by atoms with Crippen molar-refractivity contribution >= 4 is 5.97 Å². The molecule has 5 heteroatoms. The minimum Gasteiger partial charge on any atom is -0.465 e. The highest BCUT2D eigenvalue weighted by Crippen LogP contribution is 2.01. The zero-order chi connectivity index (χ0) is 12.6. The van der Waals surface area contributed by atoms with Crippen LogP contribution >= 0.6 is 0 Å². The molecule has 0 aliphatic rings. The van der Waals surface area contributed by atoms with Gasteiger partial charge in [0, 0.05) is 19.7 Å². The van der Waals surface area contributed by atoms with Crippen LogP contribution in [0.5, 0.6) is 0 Å². The number of likely N-dealkylation sites (N-methyl/N-ethyl adjacent to an activating group) is 1. The van der Waals surface area contributed by atoms with Crippen LogP contribution in [0.4, 0.5) is 0 Å². The number of esters is 1. The summed E-state index contributed by atoms with van der Waals surface area (Å²) in [5.74, 6) is -0.342. The number of carbonyl (C=O) groups is 1. The minimum atomic E-state index is -0.584. The fourth-order valence-corrected chi connectivity index (χ4v) is 1.54. The van der Waals surface area contributed by atoms with E-state index in [4.69, 9.17) is 15.2 Å². The van der Waals surface area contributed by atoms with E-state index in [1.54, 1.807) is 14.0 Å². The molecular formula is C11H24N2O3. The van der Waals surface area contributed by atoms with Crippen LogP contribution in [0.1, 0.15) is 20.8 Å². The van der Waals surface area contributed by atoms with Crippen molar-refractivity contribution < 1.29 is 14.3 Å². The van der Waals surface area contributed by atoms with Crippen LogP contribution in [0.2, 0.25) is 0 Å². The molecular weight excluding hydrogens is 208 g/mol. The summed E-state index contributed by atoms with van der Waals surface area (Å²) >= 11 is 0. The highest BCUT2D eigenvalue weighted by Gasteiger charge is 2.20. The van der Waals surface area contributed by atoms with Gasteiger partial charge in [-0.3, -0.25) is 9.69 Å². The van der Waals surface area contributed by atoms with Gasteiger partial charge in [0.2, 0.25) is 0 Å². The second-order valence-corrected chi connectivity index (χ2v) is 3.75. The zero-order valence-electron chi connectivity index (χ0n) is 10.7. The summed E-state index contributed by atoms with van der Waals surface area (Å²) in [5, 5.41) is 0. The third-order valence-electron chi connectivity index (χ3n) is 2.46. The van der Waals surface area contributed by atoms with Crippen LogP contribution in [0.3, 0.4) is 0 Å². The normalized spacial score (nSPS) is 14.9. The Labute approximate surface area is 97.9 Å². The average Bonchev–Trinajstić information content (AvgIpc) is 2.26. The topological polar surface area (TPSA) is 64.8 Å². The van der Waals surface area contributed by atoms with E-state index >= 15 is 0 Å². The largest absolute Gasteiger partial charge is 0.465 e. The van der Waals surface area contributed by atoms with Gasteiger partial charge < -0.3 is 15.2 Å². The number of hydrogen-bond donors (Lipinski definition) is 1. The Bertz CT molecular complexity index is 200. The first-order valence-electron chi connectivity index (χ1n) is 5.71. The van der Waals surface area contributed by atoms with Crippen molar-refractivity contribution in [3.8, 4) is 0 Å². The molecule has 0 aromatic heterocycles. The number of methoxy groups -OCH3 is 1. The summed E-state index contributed by atoms with van der Waals surface area (Å²) < 4.78 is 9.94. The van der Waals surface area contributed by atoms with E-state index in [0.717, 1.165) is 6.54 Å². The van der Waals surface area contributed by atoms with E-state index in [1.807, 2.05) is 13.8 Å². The Morgan fingerprint density at radius 3 is 2.50 bits per heavy atom. The van der Waals surface area contributed by atoms with Crippen LogP contribution in [0, 0.1) is 0 Å². The number of hydrogen-bond acceptors (Lipinski definition) is 5. The predicted molar refractivity (Wildman–Crippen MR) is 63.2 cm³/mol. The van der Waals surface area contributed by atoms with Gasteiger partial charge in [0.25, 0.3) is 0 Å². The lowest BCUT2D eigenvalue weighted by molar-refractivity contribution is -0.145. The Morgan fingerprint density at radius 1 is 1.44 bits per heavy atom. The first-order valence-corrected chi connectivity index (χ1v) is 5.71. The SMILES string of the molecule is CCOC(=O)C(N)CN(CC)C(C)COC. The molecule has 0 fully saturated rings. The molecule has 0 radical (unpaired) electrons. The Balaban J connectivity index is 4.14. The van der Waals surface area contributed by atoms with Gasteiger partial charge in [0.15, 0.2) is 0 Å². The van der Waals surface area contributed by atoms with Crippen LogP contribution in [-0.2, 0) is 14.3 Å². The van der Waals surface area contributed by atoms with Gasteiger partial charge in [-0.25, -0.2) is 0 Å². The predicted octanol–water partition coefficient (Wildman–Crippen LogP) is 0.234. The molecule has 0 amide bonds. The van der Waals surface area contributed by atoms with E-state index in [9.17, 15) is 4.79 Å². The monoisotopic (exact) mass is 232 g/mol.